The Morgan fingerprint density at radius 2 is 1.31 bits per heavy atom. The van der Waals surface area contributed by atoms with Crippen LogP contribution in [0.2, 0.25) is 0 Å². The number of esters is 1. The van der Waals surface area contributed by atoms with Gasteiger partial charge in [-0.2, -0.15) is 0 Å². The Morgan fingerprint density at radius 1 is 0.703 bits per heavy atom. The molecular weight excluding hydrogens is 807 g/mol. The molecular formula is C52H47N5O7. The molecule has 7 unspecified atom stereocenters. The number of nitrogens with one attached hydrogen (secondary N) is 2. The van der Waals surface area contributed by atoms with E-state index in [1.807, 2.05) is 127 Å². The summed E-state index contributed by atoms with van der Waals surface area (Å²) in [6, 6.07) is 45.2. The van der Waals surface area contributed by atoms with E-state index in [4.69, 9.17) is 9.47 Å². The highest BCUT2D eigenvalue weighted by molar-refractivity contribution is 6.25. The first-order valence-electron chi connectivity index (χ1n) is 21.7. The predicted molar refractivity (Wildman–Crippen MR) is 242 cm³/mol. The molecule has 1 spiro atoms. The summed E-state index contributed by atoms with van der Waals surface area (Å²) in [6.07, 6.45) is -0.864. The van der Waals surface area contributed by atoms with Gasteiger partial charge in [-0.3, -0.25) is 19.3 Å². The number of anilines is 3. The molecule has 0 saturated carbocycles. The van der Waals surface area contributed by atoms with Crippen molar-refractivity contribution in [3.63, 3.8) is 0 Å². The number of ether oxygens (including phenoxy) is 2. The molecule has 322 valence electrons. The molecule has 12 heteroatoms. The predicted octanol–water partition coefficient (Wildman–Crippen LogP) is 8.00. The quantitative estimate of drug-likeness (QED) is 0.130. The number of phenolic OH excluding ortho intramolecular Hbond substituents is 1. The van der Waals surface area contributed by atoms with Gasteiger partial charge in [-0.05, 0) is 77.2 Å². The summed E-state index contributed by atoms with van der Waals surface area (Å²) in [6.45, 7) is 4.54. The first-order chi connectivity index (χ1) is 31.3. The van der Waals surface area contributed by atoms with Gasteiger partial charge in [0.05, 0.1) is 42.9 Å². The van der Waals surface area contributed by atoms with Crippen molar-refractivity contribution in [1.29, 1.82) is 0 Å². The number of phenols is 1. The van der Waals surface area contributed by atoms with E-state index in [2.05, 4.69) is 15.5 Å². The standard InChI is InChI=1S/C52H47N5O7/c1-33(34-13-5-2-6-14-34)53-51(62)56-42-20-12-11-19-41(42)52(50(56)61)43(48(59)54-38-23-25-39(26-24-38)55-29-31-63-32-30-55)45-49(60)64-46(36-17-9-4-10-18-36)44(35-15-7-3-8-16-35)57(45)47(52)37-21-27-40(58)28-22-37/h2-28,33,43-47,58H,29-32H2,1H3,(H,53,62)(H,54,59). The van der Waals surface area contributed by atoms with Gasteiger partial charge in [0.2, 0.25) is 11.8 Å². The normalized spacial score (nSPS) is 24.4. The lowest BCUT2D eigenvalue weighted by atomic mass is 9.65. The topological polar surface area (TPSA) is 141 Å². The van der Waals surface area contributed by atoms with Crippen molar-refractivity contribution in [1.82, 2.24) is 10.2 Å². The lowest BCUT2D eigenvalue weighted by Gasteiger charge is -2.46. The highest BCUT2D eigenvalue weighted by Crippen LogP contribution is 2.66. The maximum Gasteiger partial charge on any atom is 0.329 e. The number of hydrogen-bond donors (Lipinski definition) is 3. The van der Waals surface area contributed by atoms with Crippen LogP contribution in [0.3, 0.4) is 0 Å². The Kier molecular flexibility index (Phi) is 10.7. The zero-order chi connectivity index (χ0) is 44.0. The molecule has 0 aromatic heterocycles. The summed E-state index contributed by atoms with van der Waals surface area (Å²) < 4.78 is 12.1. The van der Waals surface area contributed by atoms with Crippen molar-refractivity contribution < 1.29 is 33.8 Å². The molecule has 4 heterocycles. The third kappa shape index (κ3) is 6.86. The van der Waals surface area contributed by atoms with Crippen LogP contribution in [0.1, 0.15) is 59.0 Å². The number of benzene rings is 6. The Labute approximate surface area is 371 Å². The van der Waals surface area contributed by atoms with Crippen LogP contribution in [0.5, 0.6) is 5.75 Å². The van der Waals surface area contributed by atoms with Crippen molar-refractivity contribution in [3.05, 3.63) is 192 Å². The number of fused-ring (bicyclic) bond motifs is 3. The minimum Gasteiger partial charge on any atom is -0.508 e. The molecule has 6 aromatic carbocycles. The molecule has 3 fully saturated rings. The number of cyclic esters (lactones) is 1. The van der Waals surface area contributed by atoms with E-state index in [-0.39, 0.29) is 5.75 Å². The monoisotopic (exact) mass is 853 g/mol. The summed E-state index contributed by atoms with van der Waals surface area (Å²) in [5.74, 6) is -3.40. The summed E-state index contributed by atoms with van der Waals surface area (Å²) in [7, 11) is 0. The molecule has 0 aliphatic carbocycles. The highest BCUT2D eigenvalue weighted by Gasteiger charge is 2.75. The van der Waals surface area contributed by atoms with Crippen LogP contribution >= 0.6 is 0 Å². The van der Waals surface area contributed by atoms with E-state index in [0.29, 0.717) is 35.7 Å². The lowest BCUT2D eigenvalue weighted by Crippen LogP contribution is -2.55. The van der Waals surface area contributed by atoms with Crippen molar-refractivity contribution in [2.24, 2.45) is 5.92 Å². The Hall–Kier alpha value is -7.28. The number of amides is 4. The SMILES string of the molecule is CC(NC(=O)N1C(=O)C2(c3ccccc31)C(C(=O)Nc1ccc(N3CCOCC3)cc1)C1C(=O)OC(c3ccccc3)C(c3ccccc3)N1C2c1ccc(O)cc1)c1ccccc1. The maximum absolute atomic E-state index is 16.3. The molecule has 0 bridgehead atoms. The lowest BCUT2D eigenvalue weighted by molar-refractivity contribution is -0.177. The first-order valence-corrected chi connectivity index (χ1v) is 21.7. The highest BCUT2D eigenvalue weighted by atomic mass is 16.6. The van der Waals surface area contributed by atoms with Gasteiger partial charge in [0.25, 0.3) is 0 Å². The van der Waals surface area contributed by atoms with E-state index < -0.39 is 65.4 Å². The third-order valence-corrected chi connectivity index (χ3v) is 13.2. The number of hydrogen-bond acceptors (Lipinski definition) is 9. The number of rotatable bonds is 8. The fraction of sp³-hybridized carbons (Fsp3) is 0.231. The molecule has 3 saturated heterocycles. The van der Waals surface area contributed by atoms with Crippen LogP contribution in [0, 0.1) is 5.92 Å². The maximum atomic E-state index is 16.3. The number of carbonyl (C=O) groups is 4. The molecule has 4 aliphatic heterocycles. The second-order valence-electron chi connectivity index (χ2n) is 16.7. The van der Waals surface area contributed by atoms with Crippen LogP contribution in [0.4, 0.5) is 21.9 Å². The number of aromatic hydroxyl groups is 1. The molecule has 6 aromatic rings. The summed E-state index contributed by atoms with van der Waals surface area (Å²) in [5, 5.41) is 16.8. The zero-order valence-electron chi connectivity index (χ0n) is 35.1. The van der Waals surface area contributed by atoms with Gasteiger partial charge < -0.3 is 30.1 Å². The van der Waals surface area contributed by atoms with E-state index in [0.717, 1.165) is 40.4 Å². The number of imide groups is 1. The van der Waals surface area contributed by atoms with E-state index in [9.17, 15) is 9.90 Å². The fourth-order valence-electron chi connectivity index (χ4n) is 10.4. The number of nitrogens with zero attached hydrogens (tertiary/aromatic N) is 3. The minimum absolute atomic E-state index is 0.00366. The van der Waals surface area contributed by atoms with Gasteiger partial charge in [-0.15, -0.1) is 0 Å². The van der Waals surface area contributed by atoms with Gasteiger partial charge >= 0.3 is 12.0 Å². The van der Waals surface area contributed by atoms with Crippen molar-refractivity contribution in [2.75, 3.05) is 41.4 Å². The average Bonchev–Trinajstić information content (AvgIpc) is 3.80. The van der Waals surface area contributed by atoms with Gasteiger partial charge in [-0.25, -0.2) is 9.69 Å². The van der Waals surface area contributed by atoms with Crippen LogP contribution in [0.25, 0.3) is 0 Å². The summed E-state index contributed by atoms with van der Waals surface area (Å²) >= 11 is 0. The molecule has 64 heavy (non-hydrogen) atoms. The second kappa shape index (κ2) is 16.8. The van der Waals surface area contributed by atoms with Crippen LogP contribution in [-0.2, 0) is 29.3 Å². The summed E-state index contributed by atoms with van der Waals surface area (Å²) in [5.41, 5.74) is 3.15. The number of carbonyl (C=O) groups excluding carboxylic acids is 4. The van der Waals surface area contributed by atoms with Gasteiger partial charge in [-0.1, -0.05) is 121 Å². The van der Waals surface area contributed by atoms with Crippen molar-refractivity contribution in [2.45, 2.75) is 42.6 Å². The fourth-order valence-corrected chi connectivity index (χ4v) is 10.4. The summed E-state index contributed by atoms with van der Waals surface area (Å²) in [4.78, 5) is 67.3. The average molecular weight is 854 g/mol. The van der Waals surface area contributed by atoms with Crippen LogP contribution in [-0.4, -0.2) is 66.2 Å². The van der Waals surface area contributed by atoms with Gasteiger partial charge in [0.1, 0.15) is 23.3 Å². The first kappa shape index (κ1) is 40.8. The molecule has 4 amide bonds. The molecule has 10 rings (SSSR count). The van der Waals surface area contributed by atoms with Crippen LogP contribution < -0.4 is 20.4 Å². The molecule has 12 nitrogen and oxygen atoms in total. The van der Waals surface area contributed by atoms with Gasteiger partial charge in [0.15, 0.2) is 0 Å². The molecule has 3 N–H and O–H groups in total. The van der Waals surface area contributed by atoms with Gasteiger partial charge in [0, 0.05) is 24.5 Å². The van der Waals surface area contributed by atoms with Crippen molar-refractivity contribution in [3.8, 4) is 5.75 Å². The largest absolute Gasteiger partial charge is 0.508 e. The second-order valence-corrected chi connectivity index (χ2v) is 16.7. The Morgan fingerprint density at radius 3 is 1.98 bits per heavy atom. The molecule has 4 aliphatic rings. The number of urea groups is 1. The zero-order valence-corrected chi connectivity index (χ0v) is 35.1. The van der Waals surface area contributed by atoms with E-state index in [1.165, 1.54) is 12.1 Å². The number of morpholine rings is 2. The van der Waals surface area contributed by atoms with E-state index >= 15 is 14.4 Å². The Balaban J connectivity index is 1.18. The third-order valence-electron chi connectivity index (χ3n) is 13.2. The van der Waals surface area contributed by atoms with E-state index in [1.54, 1.807) is 36.4 Å². The minimum atomic E-state index is -1.90. The van der Waals surface area contributed by atoms with Crippen molar-refractivity contribution >= 4 is 40.9 Å². The molecule has 7 atom stereocenters. The Bertz CT molecular complexity index is 2680. The smallest absolute Gasteiger partial charge is 0.329 e. The van der Waals surface area contributed by atoms with Crippen LogP contribution in [0.15, 0.2) is 164 Å². The molecule has 0 radical (unpaired) electrons. The number of para-hydroxylation sites is 1.